The first kappa shape index (κ1) is 13.9. The fraction of sp³-hybridized carbons (Fsp3) is 0.308. The van der Waals surface area contributed by atoms with Crippen LogP contribution in [0, 0.1) is 3.57 Å². The molecule has 1 aromatic heterocycles. The summed E-state index contributed by atoms with van der Waals surface area (Å²) in [4.78, 5) is 0. The minimum Gasteiger partial charge on any atom is -0.379 e. The average molecular weight is 420 g/mol. The average Bonchev–Trinajstić information content (AvgIpc) is 2.79. The molecule has 96 valence electrons. The molecule has 0 aliphatic carbocycles. The summed E-state index contributed by atoms with van der Waals surface area (Å²) in [6.07, 6.45) is 2.02. The van der Waals surface area contributed by atoms with Gasteiger partial charge in [-0.15, -0.1) is 0 Å². The molecule has 3 nitrogen and oxygen atoms in total. The van der Waals surface area contributed by atoms with Crippen molar-refractivity contribution in [1.82, 2.24) is 9.78 Å². The van der Waals surface area contributed by atoms with Crippen LogP contribution in [0.4, 0.5) is 5.69 Å². The maximum Gasteiger partial charge on any atom is 0.0815 e. The minimum atomic E-state index is 0.410. The van der Waals surface area contributed by atoms with Gasteiger partial charge in [0.25, 0.3) is 0 Å². The maximum absolute atomic E-state index is 4.51. The third-order valence-corrected chi connectivity index (χ3v) is 4.91. The summed E-state index contributed by atoms with van der Waals surface area (Å²) >= 11 is 5.80. The van der Waals surface area contributed by atoms with E-state index in [1.165, 1.54) is 3.57 Å². The van der Waals surface area contributed by atoms with Gasteiger partial charge in [0.2, 0.25) is 0 Å². The number of hydrogen-bond acceptors (Lipinski definition) is 2. The lowest BCUT2D eigenvalue weighted by Crippen LogP contribution is -2.04. The molecule has 0 fully saturated rings. The highest BCUT2D eigenvalue weighted by atomic mass is 127. The van der Waals surface area contributed by atoms with Crippen LogP contribution >= 0.6 is 38.5 Å². The maximum atomic E-state index is 4.51. The normalized spacial score (nSPS) is 10.9. The number of aromatic nitrogens is 2. The van der Waals surface area contributed by atoms with E-state index in [0.717, 1.165) is 22.4 Å². The van der Waals surface area contributed by atoms with Gasteiger partial charge in [0.05, 0.1) is 12.2 Å². The molecule has 0 spiro atoms. The summed E-state index contributed by atoms with van der Waals surface area (Å²) in [5.41, 5.74) is 2.17. The van der Waals surface area contributed by atoms with Crippen LogP contribution < -0.4 is 5.32 Å². The molecule has 0 saturated carbocycles. The zero-order valence-corrected chi connectivity index (χ0v) is 14.1. The summed E-state index contributed by atoms with van der Waals surface area (Å²) in [6, 6.07) is 8.69. The van der Waals surface area contributed by atoms with E-state index >= 15 is 0 Å². The quantitative estimate of drug-likeness (QED) is 0.742. The standard InChI is InChI=1S/C13H15BrIN3/c1-9(2)18-6-5-11(17-18)8-16-10-3-4-12(14)13(15)7-10/h3-7,9,16H,8H2,1-2H3. The third-order valence-electron chi connectivity index (χ3n) is 2.59. The van der Waals surface area contributed by atoms with Crippen molar-refractivity contribution in [2.45, 2.75) is 26.4 Å². The second-order valence-electron chi connectivity index (χ2n) is 4.36. The molecule has 18 heavy (non-hydrogen) atoms. The first-order chi connectivity index (χ1) is 8.56. The number of nitrogens with one attached hydrogen (secondary N) is 1. The van der Waals surface area contributed by atoms with E-state index in [2.05, 4.69) is 87.0 Å². The smallest absolute Gasteiger partial charge is 0.0815 e. The van der Waals surface area contributed by atoms with Crippen molar-refractivity contribution in [3.8, 4) is 0 Å². The second kappa shape index (κ2) is 6.06. The van der Waals surface area contributed by atoms with Crippen LogP contribution in [0.3, 0.4) is 0 Å². The van der Waals surface area contributed by atoms with Crippen molar-refractivity contribution < 1.29 is 0 Å². The molecule has 0 saturated heterocycles. The molecule has 0 bridgehead atoms. The van der Waals surface area contributed by atoms with E-state index in [-0.39, 0.29) is 0 Å². The molecule has 5 heteroatoms. The Bertz CT molecular complexity index is 537. The summed E-state index contributed by atoms with van der Waals surface area (Å²) in [7, 11) is 0. The van der Waals surface area contributed by atoms with E-state index in [1.807, 2.05) is 10.9 Å². The van der Waals surface area contributed by atoms with Gasteiger partial charge in [0.1, 0.15) is 0 Å². The Labute approximate surface area is 129 Å². The summed E-state index contributed by atoms with van der Waals surface area (Å²) in [5.74, 6) is 0. The highest BCUT2D eigenvalue weighted by Crippen LogP contribution is 2.22. The zero-order chi connectivity index (χ0) is 13.1. The van der Waals surface area contributed by atoms with Gasteiger partial charge in [-0.05, 0) is 76.6 Å². The molecule has 0 aliphatic rings. The molecular weight excluding hydrogens is 405 g/mol. The predicted octanol–water partition coefficient (Wildman–Crippen LogP) is 4.44. The van der Waals surface area contributed by atoms with E-state index in [9.17, 15) is 0 Å². The number of rotatable bonds is 4. The van der Waals surface area contributed by atoms with Gasteiger partial charge in [-0.1, -0.05) is 0 Å². The summed E-state index contributed by atoms with van der Waals surface area (Å²) in [6.45, 7) is 5.00. The highest BCUT2D eigenvalue weighted by Gasteiger charge is 2.03. The van der Waals surface area contributed by atoms with Gasteiger partial charge in [0.15, 0.2) is 0 Å². The van der Waals surface area contributed by atoms with Gasteiger partial charge >= 0.3 is 0 Å². The molecule has 0 unspecified atom stereocenters. The fourth-order valence-electron chi connectivity index (χ4n) is 1.56. The van der Waals surface area contributed by atoms with Gasteiger partial charge < -0.3 is 5.32 Å². The first-order valence-electron chi connectivity index (χ1n) is 5.79. The van der Waals surface area contributed by atoms with Gasteiger partial charge in [0, 0.05) is 26.0 Å². The Morgan fingerprint density at radius 2 is 2.17 bits per heavy atom. The lowest BCUT2D eigenvalue weighted by atomic mass is 10.3. The van der Waals surface area contributed by atoms with Crippen molar-refractivity contribution in [2.75, 3.05) is 5.32 Å². The molecule has 1 N–H and O–H groups in total. The van der Waals surface area contributed by atoms with Gasteiger partial charge in [-0.2, -0.15) is 5.10 Å². The molecular formula is C13H15BrIN3. The monoisotopic (exact) mass is 419 g/mol. The summed E-state index contributed by atoms with van der Waals surface area (Å²) < 4.78 is 4.30. The molecule has 1 aromatic carbocycles. The fourth-order valence-corrected chi connectivity index (χ4v) is 2.32. The largest absolute Gasteiger partial charge is 0.379 e. The number of anilines is 1. The van der Waals surface area contributed by atoms with Crippen LogP contribution in [-0.2, 0) is 6.54 Å². The van der Waals surface area contributed by atoms with Crippen molar-refractivity contribution in [1.29, 1.82) is 0 Å². The van der Waals surface area contributed by atoms with Crippen LogP contribution in [0.15, 0.2) is 34.9 Å². The van der Waals surface area contributed by atoms with Crippen molar-refractivity contribution in [3.05, 3.63) is 44.2 Å². The van der Waals surface area contributed by atoms with E-state index in [0.29, 0.717) is 6.04 Å². The minimum absolute atomic E-state index is 0.410. The topological polar surface area (TPSA) is 29.9 Å². The SMILES string of the molecule is CC(C)n1ccc(CNc2ccc(Br)c(I)c2)n1. The molecule has 2 rings (SSSR count). The Kier molecular flexibility index (Phi) is 4.66. The van der Waals surface area contributed by atoms with Crippen LogP contribution in [0.25, 0.3) is 0 Å². The Hall–Kier alpha value is -0.560. The predicted molar refractivity (Wildman–Crippen MR) is 86.8 cm³/mol. The van der Waals surface area contributed by atoms with Crippen LogP contribution in [0.2, 0.25) is 0 Å². The van der Waals surface area contributed by atoms with Crippen molar-refractivity contribution >= 4 is 44.2 Å². The lowest BCUT2D eigenvalue weighted by molar-refractivity contribution is 0.527. The molecule has 0 amide bonds. The molecule has 0 atom stereocenters. The lowest BCUT2D eigenvalue weighted by Gasteiger charge is -2.07. The molecule has 2 aromatic rings. The first-order valence-corrected chi connectivity index (χ1v) is 7.66. The van der Waals surface area contributed by atoms with Crippen LogP contribution in [0.1, 0.15) is 25.6 Å². The highest BCUT2D eigenvalue weighted by molar-refractivity contribution is 14.1. The summed E-state index contributed by atoms with van der Waals surface area (Å²) in [5, 5.41) is 7.89. The zero-order valence-electron chi connectivity index (χ0n) is 10.3. The van der Waals surface area contributed by atoms with Crippen LogP contribution in [0.5, 0.6) is 0 Å². The number of hydrogen-bond donors (Lipinski definition) is 1. The molecule has 1 heterocycles. The number of benzene rings is 1. The van der Waals surface area contributed by atoms with E-state index in [1.54, 1.807) is 0 Å². The van der Waals surface area contributed by atoms with Gasteiger partial charge in [-0.25, -0.2) is 0 Å². The van der Waals surface area contributed by atoms with Crippen LogP contribution in [-0.4, -0.2) is 9.78 Å². The Morgan fingerprint density at radius 3 is 2.78 bits per heavy atom. The number of halogens is 2. The molecule has 0 aliphatic heterocycles. The Morgan fingerprint density at radius 1 is 1.39 bits per heavy atom. The van der Waals surface area contributed by atoms with Crippen molar-refractivity contribution in [2.24, 2.45) is 0 Å². The molecule has 0 radical (unpaired) electrons. The third kappa shape index (κ3) is 3.47. The van der Waals surface area contributed by atoms with E-state index < -0.39 is 0 Å². The second-order valence-corrected chi connectivity index (χ2v) is 6.38. The Balaban J connectivity index is 2.00. The van der Waals surface area contributed by atoms with Crippen molar-refractivity contribution in [3.63, 3.8) is 0 Å². The van der Waals surface area contributed by atoms with Gasteiger partial charge in [-0.3, -0.25) is 4.68 Å². The number of nitrogens with zero attached hydrogens (tertiary/aromatic N) is 2. The van der Waals surface area contributed by atoms with E-state index in [4.69, 9.17) is 0 Å².